The zero-order chi connectivity index (χ0) is 36.4. The molecule has 2 aliphatic rings. The summed E-state index contributed by atoms with van der Waals surface area (Å²) in [5, 5.41) is 29.4. The van der Waals surface area contributed by atoms with Gasteiger partial charge in [-0.3, -0.25) is 4.68 Å². The summed E-state index contributed by atoms with van der Waals surface area (Å²) in [5.41, 5.74) is 2.47. The first-order valence-corrected chi connectivity index (χ1v) is 13.5. The molecule has 0 radical (unpaired) electrons. The molecule has 266 valence electrons. The number of alkyl halides is 9. The van der Waals surface area contributed by atoms with Crippen molar-refractivity contribution in [3.8, 4) is 5.75 Å². The highest BCUT2D eigenvalue weighted by atomic mass is 19.4. The van der Waals surface area contributed by atoms with Gasteiger partial charge in [-0.1, -0.05) is 18.2 Å². The van der Waals surface area contributed by atoms with E-state index in [1.165, 1.54) is 11.1 Å². The van der Waals surface area contributed by atoms with Crippen LogP contribution in [0.15, 0.2) is 36.7 Å². The van der Waals surface area contributed by atoms with E-state index >= 15 is 0 Å². The molecule has 1 spiro atoms. The average molecular weight is 697 g/mol. The molecule has 4 N–H and O–H groups in total. The van der Waals surface area contributed by atoms with Gasteiger partial charge in [0.25, 0.3) is 0 Å². The van der Waals surface area contributed by atoms with Crippen LogP contribution in [0.2, 0.25) is 0 Å². The molecule has 11 nitrogen and oxygen atoms in total. The first-order valence-electron chi connectivity index (χ1n) is 13.5. The van der Waals surface area contributed by atoms with Gasteiger partial charge >= 0.3 is 36.4 Å². The number of halogens is 9. The molecule has 1 aromatic carbocycles. The van der Waals surface area contributed by atoms with Crippen LogP contribution in [0.1, 0.15) is 50.3 Å². The Kier molecular flexibility index (Phi) is 14.5. The number of aliphatic carboxylic acids is 3. The number of para-hydroxylation sites is 1. The SMILES string of the molecule is CC(C)N1CCC2(CC1)CC(NCc1cnn(C)c1)c1ccccc1O2.O=C(O)C(F)(F)F.O=C(O)C(F)(F)F.O=C(O)C(F)(F)F. The Balaban J connectivity index is 0.000000430. The summed E-state index contributed by atoms with van der Waals surface area (Å²) < 4.78 is 104. The summed E-state index contributed by atoms with van der Waals surface area (Å²) >= 11 is 0. The molecule has 2 aromatic rings. The van der Waals surface area contributed by atoms with Crippen LogP contribution >= 0.6 is 0 Å². The fourth-order valence-corrected chi connectivity index (χ4v) is 4.36. The minimum absolute atomic E-state index is 0.0354. The molecule has 0 bridgehead atoms. The summed E-state index contributed by atoms with van der Waals surface area (Å²) in [6.07, 6.45) is -7.99. The number of ether oxygens (including phenoxy) is 1. The number of carbonyl (C=O) groups is 3. The van der Waals surface area contributed by atoms with E-state index in [4.69, 9.17) is 34.4 Å². The van der Waals surface area contributed by atoms with Crippen LogP contribution in [-0.4, -0.2) is 91.2 Å². The number of carboxylic acid groups (broad SMARTS) is 3. The second kappa shape index (κ2) is 16.7. The van der Waals surface area contributed by atoms with Crippen molar-refractivity contribution < 1.29 is 74.0 Å². The minimum atomic E-state index is -5.08. The number of aromatic nitrogens is 2. The summed E-state index contributed by atoms with van der Waals surface area (Å²) in [6, 6.07) is 9.46. The predicted molar refractivity (Wildman–Crippen MR) is 144 cm³/mol. The summed E-state index contributed by atoms with van der Waals surface area (Å²) in [6.45, 7) is 7.64. The third-order valence-corrected chi connectivity index (χ3v) is 6.68. The van der Waals surface area contributed by atoms with E-state index < -0.39 is 36.4 Å². The van der Waals surface area contributed by atoms with Gasteiger partial charge in [-0.05, 0) is 32.8 Å². The van der Waals surface area contributed by atoms with Gasteiger partial charge in [0, 0.05) is 62.5 Å². The van der Waals surface area contributed by atoms with Crippen molar-refractivity contribution in [1.29, 1.82) is 0 Å². The highest BCUT2D eigenvalue weighted by molar-refractivity contribution is 5.73. The first kappa shape index (κ1) is 41.0. The molecule has 1 atom stereocenters. The van der Waals surface area contributed by atoms with Crippen LogP contribution in [0, 0.1) is 0 Å². The fraction of sp³-hybridized carbons (Fsp3) is 0.556. The van der Waals surface area contributed by atoms with Crippen molar-refractivity contribution >= 4 is 17.9 Å². The lowest BCUT2D eigenvalue weighted by atomic mass is 9.80. The Labute approximate surface area is 261 Å². The van der Waals surface area contributed by atoms with Gasteiger partial charge in [0.05, 0.1) is 6.20 Å². The lowest BCUT2D eigenvalue weighted by Gasteiger charge is -2.48. The van der Waals surface area contributed by atoms with Crippen molar-refractivity contribution in [2.24, 2.45) is 7.05 Å². The van der Waals surface area contributed by atoms with Gasteiger partial charge in [0.2, 0.25) is 0 Å². The third kappa shape index (κ3) is 14.1. The second-order valence-electron chi connectivity index (χ2n) is 10.5. The Morgan fingerprint density at radius 1 is 0.915 bits per heavy atom. The van der Waals surface area contributed by atoms with Crippen LogP contribution in [0.4, 0.5) is 39.5 Å². The van der Waals surface area contributed by atoms with Crippen LogP contribution in [0.25, 0.3) is 0 Å². The first-order chi connectivity index (χ1) is 21.4. The molecule has 20 heteroatoms. The van der Waals surface area contributed by atoms with E-state index in [-0.39, 0.29) is 5.60 Å². The third-order valence-electron chi connectivity index (χ3n) is 6.68. The zero-order valence-corrected chi connectivity index (χ0v) is 25.1. The van der Waals surface area contributed by atoms with Crippen LogP contribution in [0.5, 0.6) is 5.75 Å². The molecule has 1 saturated heterocycles. The highest BCUT2D eigenvalue weighted by Gasteiger charge is 2.43. The van der Waals surface area contributed by atoms with E-state index in [2.05, 4.69) is 59.6 Å². The van der Waals surface area contributed by atoms with Crippen molar-refractivity contribution in [2.75, 3.05) is 13.1 Å². The number of carboxylic acids is 3. The minimum Gasteiger partial charge on any atom is -0.487 e. The quantitative estimate of drug-likeness (QED) is 0.315. The largest absolute Gasteiger partial charge is 0.490 e. The Hall–Kier alpha value is -4.07. The van der Waals surface area contributed by atoms with Gasteiger partial charge in [0.1, 0.15) is 11.4 Å². The molecule has 3 heterocycles. The molecule has 0 saturated carbocycles. The molecule has 2 aliphatic heterocycles. The molecule has 1 fully saturated rings. The lowest BCUT2D eigenvalue weighted by molar-refractivity contribution is -0.193. The monoisotopic (exact) mass is 696 g/mol. The molecule has 0 aliphatic carbocycles. The maximum Gasteiger partial charge on any atom is 0.490 e. The molecular formula is C27H33F9N4O7. The van der Waals surface area contributed by atoms with Crippen molar-refractivity contribution in [3.63, 3.8) is 0 Å². The number of benzene rings is 1. The fourth-order valence-electron chi connectivity index (χ4n) is 4.36. The normalized spacial score (nSPS) is 17.4. The number of piperidine rings is 1. The van der Waals surface area contributed by atoms with E-state index in [1.54, 1.807) is 0 Å². The van der Waals surface area contributed by atoms with E-state index in [0.29, 0.717) is 12.1 Å². The predicted octanol–water partition coefficient (Wildman–Crippen LogP) is 5.18. The van der Waals surface area contributed by atoms with Crippen LogP contribution < -0.4 is 10.1 Å². The Morgan fingerprint density at radius 2 is 1.36 bits per heavy atom. The smallest absolute Gasteiger partial charge is 0.487 e. The maximum atomic E-state index is 10.6. The van der Waals surface area contributed by atoms with Crippen LogP contribution in [-0.2, 0) is 28.0 Å². The number of hydrogen-bond acceptors (Lipinski definition) is 7. The molecule has 4 rings (SSSR count). The number of hydrogen-bond donors (Lipinski definition) is 4. The van der Waals surface area contributed by atoms with Crippen molar-refractivity contribution in [2.45, 2.75) is 75.9 Å². The summed E-state index contributed by atoms with van der Waals surface area (Å²) in [5.74, 6) is -7.21. The highest BCUT2D eigenvalue weighted by Crippen LogP contribution is 2.44. The number of rotatable bonds is 4. The van der Waals surface area contributed by atoms with E-state index in [9.17, 15) is 39.5 Å². The maximum absolute atomic E-state index is 10.6. The molecule has 0 amide bonds. The summed E-state index contributed by atoms with van der Waals surface area (Å²) in [7, 11) is 1.96. The lowest BCUT2D eigenvalue weighted by Crippen LogP contribution is -2.53. The Bertz CT molecular complexity index is 1260. The standard InChI is InChI=1S/C21H30N4O.3C2HF3O2/c1-16(2)25-10-8-21(9-11-25)12-19(18-6-4-5-7-20(18)26-21)22-13-17-14-23-24(3)15-17;3*3-2(4,5)1(6)7/h4-7,14-16,19,22H,8-13H2,1-3H3;3*(H,6,7). The number of nitrogens with zero attached hydrogens (tertiary/aromatic N) is 3. The van der Waals surface area contributed by atoms with Crippen molar-refractivity contribution in [1.82, 2.24) is 20.0 Å². The Morgan fingerprint density at radius 3 is 1.74 bits per heavy atom. The van der Waals surface area contributed by atoms with Crippen molar-refractivity contribution in [3.05, 3.63) is 47.8 Å². The molecule has 1 unspecified atom stereocenters. The number of likely N-dealkylation sites (tertiary alicyclic amines) is 1. The number of fused-ring (bicyclic) bond motifs is 1. The molecular weight excluding hydrogens is 663 g/mol. The topological polar surface area (TPSA) is 154 Å². The van der Waals surface area contributed by atoms with Gasteiger partial charge in [-0.2, -0.15) is 44.6 Å². The second-order valence-corrected chi connectivity index (χ2v) is 10.5. The molecule has 47 heavy (non-hydrogen) atoms. The summed E-state index contributed by atoms with van der Waals surface area (Å²) in [4.78, 5) is 29.3. The number of aryl methyl sites for hydroxylation is 1. The molecule has 1 aromatic heterocycles. The van der Waals surface area contributed by atoms with Gasteiger partial charge in [-0.15, -0.1) is 0 Å². The zero-order valence-electron chi connectivity index (χ0n) is 25.1. The average Bonchev–Trinajstić information content (AvgIpc) is 3.36. The van der Waals surface area contributed by atoms with Crippen LogP contribution in [0.3, 0.4) is 0 Å². The van der Waals surface area contributed by atoms with Gasteiger partial charge < -0.3 is 30.3 Å². The number of nitrogens with one attached hydrogen (secondary N) is 1. The van der Waals surface area contributed by atoms with E-state index in [1.807, 2.05) is 17.9 Å². The van der Waals surface area contributed by atoms with Gasteiger partial charge in [-0.25, -0.2) is 14.4 Å². The van der Waals surface area contributed by atoms with E-state index in [0.717, 1.165) is 44.6 Å². The van der Waals surface area contributed by atoms with Gasteiger partial charge in [0.15, 0.2) is 0 Å².